The van der Waals surface area contributed by atoms with Crippen molar-refractivity contribution in [1.29, 1.82) is 0 Å². The van der Waals surface area contributed by atoms with E-state index in [1.807, 2.05) is 0 Å². The number of nitrogens with two attached hydrogens (primary N) is 4. The molecule has 9 N–H and O–H groups in total. The van der Waals surface area contributed by atoms with Crippen molar-refractivity contribution in [2.24, 2.45) is 28.9 Å². The summed E-state index contributed by atoms with van der Waals surface area (Å²) in [7, 11) is 0. The Morgan fingerprint density at radius 3 is 1.93 bits per heavy atom. The van der Waals surface area contributed by atoms with Crippen molar-refractivity contribution in [2.75, 3.05) is 0 Å². The molecule has 0 bridgehead atoms. The lowest BCUT2D eigenvalue weighted by Crippen LogP contribution is -2.80. The van der Waals surface area contributed by atoms with E-state index in [4.69, 9.17) is 22.9 Å². The van der Waals surface area contributed by atoms with Crippen LogP contribution >= 0.6 is 0 Å². The van der Waals surface area contributed by atoms with Gasteiger partial charge in [0.25, 0.3) is 0 Å². The van der Waals surface area contributed by atoms with Crippen LogP contribution in [-0.4, -0.2) is 22.5 Å². The normalized spacial score (nSPS) is 22.8. The zero-order chi connectivity index (χ0) is 11.7. The van der Waals surface area contributed by atoms with Crippen molar-refractivity contribution in [3.63, 3.8) is 0 Å². The summed E-state index contributed by atoms with van der Waals surface area (Å²) in [5, 5.41) is 10.1. The Hall–Kier alpha value is -0.200. The molecule has 1 aliphatic carbocycles. The van der Waals surface area contributed by atoms with E-state index in [0.717, 1.165) is 25.7 Å². The second-order valence-corrected chi connectivity index (χ2v) is 5.06. The van der Waals surface area contributed by atoms with Gasteiger partial charge >= 0.3 is 0 Å². The second-order valence-electron chi connectivity index (χ2n) is 5.06. The van der Waals surface area contributed by atoms with Crippen molar-refractivity contribution in [1.82, 2.24) is 0 Å². The van der Waals surface area contributed by atoms with Gasteiger partial charge in [0.05, 0.1) is 11.8 Å². The maximum atomic E-state index is 10.1. The Morgan fingerprint density at radius 2 is 1.53 bits per heavy atom. The minimum Gasteiger partial charge on any atom is -0.389 e. The second kappa shape index (κ2) is 4.35. The number of aliphatic hydroxyl groups excluding tert-OH is 1. The molecule has 1 unspecified atom stereocenters. The summed E-state index contributed by atoms with van der Waals surface area (Å²) in [5.41, 5.74) is 20.4. The van der Waals surface area contributed by atoms with E-state index in [0.29, 0.717) is 0 Å². The predicted octanol–water partition coefficient (Wildman–Crippen LogP) is -0.825. The molecule has 1 saturated carbocycles. The molecule has 1 rings (SSSR count). The highest BCUT2D eigenvalue weighted by molar-refractivity contribution is 5.03. The topological polar surface area (TPSA) is 124 Å². The molecule has 1 aliphatic rings. The molecule has 0 aromatic rings. The van der Waals surface area contributed by atoms with Crippen LogP contribution < -0.4 is 22.9 Å². The minimum absolute atomic E-state index is 0.125. The number of rotatable bonds is 3. The van der Waals surface area contributed by atoms with Crippen LogP contribution in [0.3, 0.4) is 0 Å². The van der Waals surface area contributed by atoms with E-state index < -0.39 is 17.4 Å². The van der Waals surface area contributed by atoms with Crippen molar-refractivity contribution >= 4 is 0 Å². The van der Waals surface area contributed by atoms with Crippen LogP contribution in [0.15, 0.2) is 0 Å². The Bertz CT molecular complexity index is 206. The van der Waals surface area contributed by atoms with Crippen LogP contribution in [0, 0.1) is 5.92 Å². The van der Waals surface area contributed by atoms with Crippen molar-refractivity contribution < 1.29 is 5.11 Å². The first-order valence-corrected chi connectivity index (χ1v) is 5.60. The van der Waals surface area contributed by atoms with E-state index in [9.17, 15) is 5.11 Å². The molecule has 0 amide bonds. The summed E-state index contributed by atoms with van der Waals surface area (Å²) in [4.78, 5) is 0. The third-order valence-corrected chi connectivity index (χ3v) is 3.52. The van der Waals surface area contributed by atoms with Crippen molar-refractivity contribution in [3.05, 3.63) is 0 Å². The zero-order valence-electron chi connectivity index (χ0n) is 9.45. The smallest absolute Gasteiger partial charge is 0.122 e. The van der Waals surface area contributed by atoms with E-state index >= 15 is 0 Å². The molecular formula is C10H24N4O. The van der Waals surface area contributed by atoms with E-state index in [2.05, 4.69) is 0 Å². The summed E-state index contributed by atoms with van der Waals surface area (Å²) < 4.78 is 0. The third-order valence-electron chi connectivity index (χ3n) is 3.52. The fraction of sp³-hybridized carbons (Fsp3) is 1.00. The molecule has 90 valence electrons. The van der Waals surface area contributed by atoms with E-state index in [-0.39, 0.29) is 5.92 Å². The van der Waals surface area contributed by atoms with Gasteiger partial charge in [0.15, 0.2) is 0 Å². The Kier molecular flexibility index (Phi) is 3.73. The minimum atomic E-state index is -1.44. The summed E-state index contributed by atoms with van der Waals surface area (Å²) >= 11 is 0. The average Bonchev–Trinajstić information content (AvgIpc) is 2.16. The Labute approximate surface area is 91.2 Å². The van der Waals surface area contributed by atoms with Crippen LogP contribution in [0.5, 0.6) is 0 Å². The van der Waals surface area contributed by atoms with Crippen molar-refractivity contribution in [3.8, 4) is 0 Å². The highest BCUT2D eigenvalue weighted by atomic mass is 16.3. The Morgan fingerprint density at radius 1 is 1.07 bits per heavy atom. The molecule has 0 radical (unpaired) electrons. The maximum absolute atomic E-state index is 10.1. The monoisotopic (exact) mass is 216 g/mol. The SMILES string of the molecule is CC(N)(N)C(N)(N)C(O)C1CCCCC1. The first kappa shape index (κ1) is 12.9. The highest BCUT2D eigenvalue weighted by Crippen LogP contribution is 2.30. The summed E-state index contributed by atoms with van der Waals surface area (Å²) in [6.07, 6.45) is 4.51. The molecule has 0 aliphatic heterocycles. The van der Waals surface area contributed by atoms with Crippen LogP contribution in [0.2, 0.25) is 0 Å². The summed E-state index contributed by atoms with van der Waals surface area (Å²) in [6.45, 7) is 1.54. The molecule has 0 saturated heterocycles. The fourth-order valence-corrected chi connectivity index (χ4v) is 2.16. The lowest BCUT2D eigenvalue weighted by atomic mass is 9.77. The first-order chi connectivity index (χ1) is 6.77. The molecule has 0 spiro atoms. The number of hydrogen-bond acceptors (Lipinski definition) is 5. The first-order valence-electron chi connectivity index (χ1n) is 5.60. The zero-order valence-corrected chi connectivity index (χ0v) is 9.45. The van der Waals surface area contributed by atoms with Crippen LogP contribution in [-0.2, 0) is 0 Å². The van der Waals surface area contributed by atoms with Crippen LogP contribution in [0.25, 0.3) is 0 Å². The largest absolute Gasteiger partial charge is 0.389 e. The van der Waals surface area contributed by atoms with Gasteiger partial charge in [0, 0.05) is 0 Å². The lowest BCUT2D eigenvalue weighted by Gasteiger charge is -2.44. The van der Waals surface area contributed by atoms with E-state index in [1.165, 1.54) is 6.42 Å². The van der Waals surface area contributed by atoms with Crippen LogP contribution in [0.4, 0.5) is 0 Å². The van der Waals surface area contributed by atoms with Gasteiger partial charge in [0.1, 0.15) is 5.66 Å². The lowest BCUT2D eigenvalue weighted by molar-refractivity contribution is -0.0127. The van der Waals surface area contributed by atoms with Gasteiger partial charge in [-0.25, -0.2) is 0 Å². The van der Waals surface area contributed by atoms with Gasteiger partial charge in [-0.3, -0.25) is 0 Å². The van der Waals surface area contributed by atoms with Gasteiger partial charge in [0.2, 0.25) is 0 Å². The van der Waals surface area contributed by atoms with Crippen molar-refractivity contribution in [2.45, 2.75) is 56.5 Å². The molecule has 1 atom stereocenters. The van der Waals surface area contributed by atoms with Gasteiger partial charge in [-0.05, 0) is 25.7 Å². The number of hydrogen-bond donors (Lipinski definition) is 5. The predicted molar refractivity (Wildman–Crippen MR) is 60.5 cm³/mol. The summed E-state index contributed by atoms with van der Waals surface area (Å²) in [5.74, 6) is 0.125. The molecule has 0 heterocycles. The fourth-order valence-electron chi connectivity index (χ4n) is 2.16. The molecule has 5 heteroatoms. The van der Waals surface area contributed by atoms with E-state index in [1.54, 1.807) is 6.92 Å². The van der Waals surface area contributed by atoms with Gasteiger partial charge in [-0.1, -0.05) is 19.3 Å². The molecule has 15 heavy (non-hydrogen) atoms. The molecule has 5 nitrogen and oxygen atoms in total. The van der Waals surface area contributed by atoms with Gasteiger partial charge in [-0.2, -0.15) is 0 Å². The Balaban J connectivity index is 2.69. The summed E-state index contributed by atoms with van der Waals surface area (Å²) in [6, 6.07) is 0. The maximum Gasteiger partial charge on any atom is 0.122 e. The third kappa shape index (κ3) is 2.68. The molecule has 0 aromatic carbocycles. The quantitative estimate of drug-likeness (QED) is 0.394. The average molecular weight is 216 g/mol. The van der Waals surface area contributed by atoms with Gasteiger partial charge < -0.3 is 28.0 Å². The molecule has 1 fully saturated rings. The standard InChI is InChI=1S/C10H24N4O/c1-9(11,12)10(13,14)8(15)7-5-3-2-4-6-7/h7-8,15H,2-6,11-14H2,1H3. The highest BCUT2D eigenvalue weighted by Gasteiger charge is 2.45. The molecular weight excluding hydrogens is 192 g/mol. The van der Waals surface area contributed by atoms with Gasteiger partial charge in [-0.15, -0.1) is 0 Å². The molecule has 0 aromatic heterocycles. The number of aliphatic hydroxyl groups is 1. The van der Waals surface area contributed by atoms with Crippen LogP contribution in [0.1, 0.15) is 39.0 Å².